The van der Waals surface area contributed by atoms with Crippen molar-refractivity contribution in [1.29, 1.82) is 0 Å². The van der Waals surface area contributed by atoms with Crippen LogP contribution in [0.4, 0.5) is 4.39 Å². The molecule has 1 atom stereocenters. The number of phenolic OH excluding ortho intramolecular Hbond substituents is 1. The van der Waals surface area contributed by atoms with Crippen molar-refractivity contribution in [2.75, 3.05) is 19.8 Å². The second kappa shape index (κ2) is 4.46. The van der Waals surface area contributed by atoms with Gasteiger partial charge in [-0.25, -0.2) is 4.39 Å². The van der Waals surface area contributed by atoms with Crippen LogP contribution in [0.3, 0.4) is 0 Å². The first kappa shape index (κ1) is 10.2. The quantitative estimate of drug-likeness (QED) is 0.805. The third kappa shape index (κ3) is 2.57. The molecule has 1 aliphatic heterocycles. The van der Waals surface area contributed by atoms with E-state index in [4.69, 9.17) is 19.3 Å². The summed E-state index contributed by atoms with van der Waals surface area (Å²) in [5.41, 5.74) is 0. The first-order chi connectivity index (χ1) is 7.25. The normalized spacial score (nSPS) is 21.3. The van der Waals surface area contributed by atoms with Crippen molar-refractivity contribution in [3.05, 3.63) is 24.0 Å². The summed E-state index contributed by atoms with van der Waals surface area (Å²) in [6.45, 7) is 1.33. The third-order valence-electron chi connectivity index (χ3n) is 1.97. The maximum absolute atomic E-state index is 12.9. The number of hydrogen-bond donors (Lipinski definition) is 1. The Balaban J connectivity index is 2.00. The van der Waals surface area contributed by atoms with Crippen molar-refractivity contribution in [2.24, 2.45) is 0 Å². The molecule has 0 spiro atoms. The molecule has 1 unspecified atom stereocenters. The van der Waals surface area contributed by atoms with E-state index in [0.717, 1.165) is 6.07 Å². The molecule has 1 aromatic carbocycles. The molecule has 1 saturated heterocycles. The summed E-state index contributed by atoms with van der Waals surface area (Å²) in [5.74, 6) is -0.812. The van der Waals surface area contributed by atoms with Crippen LogP contribution in [-0.4, -0.2) is 31.2 Å². The van der Waals surface area contributed by atoms with Gasteiger partial charge >= 0.3 is 0 Å². The van der Waals surface area contributed by atoms with Gasteiger partial charge in [-0.05, 0) is 12.1 Å². The van der Waals surface area contributed by atoms with E-state index < -0.39 is 17.9 Å². The zero-order chi connectivity index (χ0) is 10.7. The Hall–Kier alpha value is -1.33. The van der Waals surface area contributed by atoms with E-state index >= 15 is 0 Å². The zero-order valence-corrected chi connectivity index (χ0v) is 7.98. The fourth-order valence-corrected chi connectivity index (χ4v) is 1.25. The lowest BCUT2D eigenvalue weighted by molar-refractivity contribution is -0.170. The highest BCUT2D eigenvalue weighted by atomic mass is 19.1. The van der Waals surface area contributed by atoms with Crippen LogP contribution in [0.2, 0.25) is 0 Å². The molecular weight excluding hydrogens is 203 g/mol. The molecule has 5 heteroatoms. The van der Waals surface area contributed by atoms with Gasteiger partial charge in [-0.15, -0.1) is 0 Å². The highest BCUT2D eigenvalue weighted by molar-refractivity contribution is 5.32. The molecule has 1 heterocycles. The van der Waals surface area contributed by atoms with Crippen LogP contribution >= 0.6 is 0 Å². The lowest BCUT2D eigenvalue weighted by Crippen LogP contribution is -2.33. The molecule has 0 radical (unpaired) electrons. The largest absolute Gasteiger partial charge is 0.505 e. The summed E-state index contributed by atoms with van der Waals surface area (Å²) >= 11 is 0. The van der Waals surface area contributed by atoms with Gasteiger partial charge in [0.1, 0.15) is 12.4 Å². The minimum Gasteiger partial charge on any atom is -0.505 e. The summed E-state index contributed by atoms with van der Waals surface area (Å²) in [6, 6.07) is 3.80. The molecule has 0 aromatic heterocycles. The smallest absolute Gasteiger partial charge is 0.223 e. The van der Waals surface area contributed by atoms with Crippen molar-refractivity contribution in [3.63, 3.8) is 0 Å². The number of rotatable bonds is 2. The van der Waals surface area contributed by atoms with Gasteiger partial charge in [0.05, 0.1) is 13.2 Å². The summed E-state index contributed by atoms with van der Waals surface area (Å²) in [4.78, 5) is 0. The van der Waals surface area contributed by atoms with Crippen LogP contribution in [0.25, 0.3) is 0 Å². The van der Waals surface area contributed by atoms with E-state index in [0.29, 0.717) is 25.6 Å². The van der Waals surface area contributed by atoms with Crippen LogP contribution in [0, 0.1) is 5.82 Å². The Labute approximate surface area is 86.2 Å². The van der Waals surface area contributed by atoms with Crippen molar-refractivity contribution in [1.82, 2.24) is 0 Å². The van der Waals surface area contributed by atoms with E-state index in [2.05, 4.69) is 0 Å². The Morgan fingerprint density at radius 2 is 2.27 bits per heavy atom. The van der Waals surface area contributed by atoms with Crippen molar-refractivity contribution < 1.29 is 23.7 Å². The van der Waals surface area contributed by atoms with Gasteiger partial charge in [0.2, 0.25) is 6.29 Å². The maximum Gasteiger partial charge on any atom is 0.223 e. The van der Waals surface area contributed by atoms with Crippen molar-refractivity contribution in [3.8, 4) is 11.5 Å². The molecule has 0 saturated carbocycles. The summed E-state index contributed by atoms with van der Waals surface area (Å²) in [5, 5.41) is 8.96. The Morgan fingerprint density at radius 3 is 2.93 bits per heavy atom. The predicted molar refractivity (Wildman–Crippen MR) is 49.3 cm³/mol. The fraction of sp³-hybridized carbons (Fsp3) is 0.400. The van der Waals surface area contributed by atoms with Crippen LogP contribution < -0.4 is 4.74 Å². The molecule has 0 bridgehead atoms. The highest BCUT2D eigenvalue weighted by Crippen LogP contribution is 2.22. The van der Waals surface area contributed by atoms with Crippen molar-refractivity contribution in [2.45, 2.75) is 6.29 Å². The predicted octanol–water partition coefficient (Wildman–Crippen LogP) is 1.28. The van der Waals surface area contributed by atoms with Crippen LogP contribution in [-0.2, 0) is 9.47 Å². The molecule has 4 nitrogen and oxygen atoms in total. The van der Waals surface area contributed by atoms with Crippen LogP contribution in [0.15, 0.2) is 18.2 Å². The zero-order valence-electron chi connectivity index (χ0n) is 7.98. The highest BCUT2D eigenvalue weighted by Gasteiger charge is 2.16. The second-order valence-electron chi connectivity index (χ2n) is 3.11. The lowest BCUT2D eigenvalue weighted by atomic mass is 10.3. The van der Waals surface area contributed by atoms with Gasteiger partial charge < -0.3 is 19.3 Å². The minimum absolute atomic E-state index is 0.306. The second-order valence-corrected chi connectivity index (χ2v) is 3.11. The van der Waals surface area contributed by atoms with Gasteiger partial charge in [-0.2, -0.15) is 0 Å². The first-order valence-electron chi connectivity index (χ1n) is 4.60. The Kier molecular flexibility index (Phi) is 3.03. The average molecular weight is 214 g/mol. The van der Waals surface area contributed by atoms with E-state index in [1.165, 1.54) is 12.1 Å². The van der Waals surface area contributed by atoms with E-state index in [-0.39, 0.29) is 0 Å². The minimum atomic E-state index is -0.718. The Bertz CT molecular complexity index is 336. The van der Waals surface area contributed by atoms with Crippen molar-refractivity contribution >= 4 is 0 Å². The monoisotopic (exact) mass is 214 g/mol. The topological polar surface area (TPSA) is 47.9 Å². The number of phenols is 1. The number of halogens is 1. The summed E-state index contributed by atoms with van der Waals surface area (Å²) in [6.07, 6.45) is -0.511. The van der Waals surface area contributed by atoms with Gasteiger partial charge in [0.25, 0.3) is 0 Å². The van der Waals surface area contributed by atoms with E-state index in [1.807, 2.05) is 0 Å². The SMILES string of the molecule is Oc1ccc(OC2COCCO2)cc1F. The van der Waals surface area contributed by atoms with Crippen LogP contribution in [0.1, 0.15) is 0 Å². The van der Waals surface area contributed by atoms with E-state index in [1.54, 1.807) is 0 Å². The molecule has 2 rings (SSSR count). The van der Waals surface area contributed by atoms with Gasteiger partial charge in [0.15, 0.2) is 11.6 Å². The molecule has 1 aromatic rings. The number of hydrogen-bond acceptors (Lipinski definition) is 4. The standard InChI is InChI=1S/C10H11FO4/c11-8-5-7(1-2-9(8)12)15-10-6-13-3-4-14-10/h1-2,5,10,12H,3-4,6H2. The fourth-order valence-electron chi connectivity index (χ4n) is 1.25. The van der Waals surface area contributed by atoms with Gasteiger partial charge in [-0.3, -0.25) is 0 Å². The first-order valence-corrected chi connectivity index (χ1v) is 4.60. The Morgan fingerprint density at radius 1 is 1.40 bits per heavy atom. The number of aromatic hydroxyl groups is 1. The van der Waals surface area contributed by atoms with E-state index in [9.17, 15) is 4.39 Å². The molecule has 0 amide bonds. The van der Waals surface area contributed by atoms with Gasteiger partial charge in [0, 0.05) is 6.07 Å². The molecule has 15 heavy (non-hydrogen) atoms. The number of ether oxygens (including phenoxy) is 3. The summed E-state index contributed by atoms with van der Waals surface area (Å²) in [7, 11) is 0. The lowest BCUT2D eigenvalue weighted by Gasteiger charge is -2.23. The molecule has 1 aliphatic rings. The molecule has 82 valence electrons. The van der Waals surface area contributed by atoms with Crippen LogP contribution in [0.5, 0.6) is 11.5 Å². The summed E-state index contributed by atoms with van der Waals surface area (Å²) < 4.78 is 28.6. The maximum atomic E-state index is 12.9. The average Bonchev–Trinajstić information content (AvgIpc) is 2.25. The van der Waals surface area contributed by atoms with Gasteiger partial charge in [-0.1, -0.05) is 0 Å². The molecule has 0 aliphatic carbocycles. The number of benzene rings is 1. The molecule has 1 fully saturated rings. The molecule has 1 N–H and O–H groups in total. The third-order valence-corrected chi connectivity index (χ3v) is 1.97. The molecular formula is C10H11FO4.